The number of nitrogens with zero attached hydrogens (tertiary/aromatic N) is 3. The molecule has 3 rings (SSSR count). The molecule has 0 atom stereocenters. The minimum atomic E-state index is 0.709. The van der Waals surface area contributed by atoms with Crippen molar-refractivity contribution < 1.29 is 0 Å². The van der Waals surface area contributed by atoms with Gasteiger partial charge in [-0.3, -0.25) is 9.89 Å². The number of likely N-dealkylation sites (tertiary alicyclic amines) is 1. The van der Waals surface area contributed by atoms with Gasteiger partial charge in [0.25, 0.3) is 0 Å². The van der Waals surface area contributed by atoms with E-state index in [0.717, 1.165) is 36.3 Å². The molecule has 0 unspecified atom stereocenters. The first kappa shape index (κ1) is 20.8. The molecule has 28 heavy (non-hydrogen) atoms. The van der Waals surface area contributed by atoms with E-state index in [-0.39, 0.29) is 0 Å². The zero-order valence-corrected chi connectivity index (χ0v) is 18.4. The molecule has 0 radical (unpaired) electrons. The highest BCUT2D eigenvalue weighted by Crippen LogP contribution is 2.19. The summed E-state index contributed by atoms with van der Waals surface area (Å²) in [4.78, 5) is 12.7. The Kier molecular flexibility index (Phi) is 7.45. The maximum atomic E-state index is 4.49. The minimum absolute atomic E-state index is 0.709. The van der Waals surface area contributed by atoms with Gasteiger partial charge in [-0.15, -0.1) is 11.3 Å². The Morgan fingerprint density at radius 1 is 1.14 bits per heavy atom. The van der Waals surface area contributed by atoms with Crippen LogP contribution in [0.15, 0.2) is 29.3 Å². The molecule has 152 valence electrons. The normalized spacial score (nSPS) is 16.4. The van der Waals surface area contributed by atoms with E-state index in [1.807, 2.05) is 7.05 Å². The number of benzene rings is 1. The number of aryl methyl sites for hydroxylation is 3. The number of hydrogen-bond acceptors (Lipinski definition) is 4. The number of aliphatic imine (C=N–C) groups is 1. The molecular weight excluding hydrogens is 366 g/mol. The number of rotatable bonds is 6. The summed E-state index contributed by atoms with van der Waals surface area (Å²) < 4.78 is 0. The van der Waals surface area contributed by atoms with Crippen molar-refractivity contribution in [3.63, 3.8) is 0 Å². The second kappa shape index (κ2) is 10.0. The van der Waals surface area contributed by atoms with E-state index in [1.165, 1.54) is 41.9 Å². The largest absolute Gasteiger partial charge is 0.356 e. The quantitative estimate of drug-likeness (QED) is 0.575. The molecule has 0 aliphatic carbocycles. The van der Waals surface area contributed by atoms with Gasteiger partial charge in [-0.2, -0.15) is 0 Å². The molecule has 1 fully saturated rings. The monoisotopic (exact) mass is 399 g/mol. The fourth-order valence-corrected chi connectivity index (χ4v) is 4.54. The summed E-state index contributed by atoms with van der Waals surface area (Å²) in [6.07, 6.45) is 2.48. The van der Waals surface area contributed by atoms with Crippen LogP contribution in [0.3, 0.4) is 0 Å². The van der Waals surface area contributed by atoms with Gasteiger partial charge in [0.2, 0.25) is 0 Å². The van der Waals surface area contributed by atoms with Gasteiger partial charge in [0.1, 0.15) is 0 Å². The molecule has 5 nitrogen and oxygen atoms in total. The van der Waals surface area contributed by atoms with Crippen molar-refractivity contribution in [2.24, 2.45) is 10.9 Å². The van der Waals surface area contributed by atoms with Crippen molar-refractivity contribution >= 4 is 17.3 Å². The van der Waals surface area contributed by atoms with Crippen LogP contribution in [0.2, 0.25) is 0 Å². The molecule has 0 saturated carbocycles. The molecule has 1 aliphatic rings. The Bertz CT molecular complexity index is 773. The van der Waals surface area contributed by atoms with E-state index in [9.17, 15) is 0 Å². The molecule has 2 N–H and O–H groups in total. The van der Waals surface area contributed by atoms with E-state index in [2.05, 4.69) is 70.5 Å². The molecule has 0 bridgehead atoms. The highest BCUT2D eigenvalue weighted by molar-refractivity contribution is 7.11. The summed E-state index contributed by atoms with van der Waals surface area (Å²) in [5.74, 6) is 1.59. The van der Waals surface area contributed by atoms with E-state index in [0.29, 0.717) is 5.92 Å². The van der Waals surface area contributed by atoms with Crippen molar-refractivity contribution in [1.29, 1.82) is 0 Å². The van der Waals surface area contributed by atoms with Crippen LogP contribution in [0, 0.1) is 26.7 Å². The predicted octanol–water partition coefficient (Wildman–Crippen LogP) is 3.65. The first-order valence-corrected chi connectivity index (χ1v) is 11.0. The Labute approximate surface area is 173 Å². The Morgan fingerprint density at radius 2 is 1.86 bits per heavy atom. The summed E-state index contributed by atoms with van der Waals surface area (Å²) in [5.41, 5.74) is 3.86. The van der Waals surface area contributed by atoms with Gasteiger partial charge in [-0.05, 0) is 58.2 Å². The highest BCUT2D eigenvalue weighted by atomic mass is 32.1. The van der Waals surface area contributed by atoms with Crippen molar-refractivity contribution in [3.05, 3.63) is 51.0 Å². The summed E-state index contributed by atoms with van der Waals surface area (Å²) >= 11 is 1.75. The molecule has 1 aromatic carbocycles. The van der Waals surface area contributed by atoms with Crippen LogP contribution in [0.5, 0.6) is 0 Å². The summed E-state index contributed by atoms with van der Waals surface area (Å²) in [6, 6.07) is 8.93. The molecule has 0 amide bonds. The third kappa shape index (κ3) is 6.04. The maximum absolute atomic E-state index is 4.49. The van der Waals surface area contributed by atoms with E-state index < -0.39 is 0 Å². The third-order valence-electron chi connectivity index (χ3n) is 5.43. The fourth-order valence-electron chi connectivity index (χ4n) is 3.66. The topological polar surface area (TPSA) is 52.6 Å². The molecule has 2 heterocycles. The molecule has 6 heteroatoms. The molecular formula is C22H33N5S. The number of guanidine groups is 1. The lowest BCUT2D eigenvalue weighted by Gasteiger charge is -2.32. The van der Waals surface area contributed by atoms with E-state index >= 15 is 0 Å². The fraction of sp³-hybridized carbons (Fsp3) is 0.545. The van der Waals surface area contributed by atoms with Crippen LogP contribution in [-0.2, 0) is 13.1 Å². The van der Waals surface area contributed by atoms with Crippen molar-refractivity contribution in [1.82, 2.24) is 20.5 Å². The van der Waals surface area contributed by atoms with Gasteiger partial charge >= 0.3 is 0 Å². The number of thiazole rings is 1. The zero-order valence-electron chi connectivity index (χ0n) is 17.6. The van der Waals surface area contributed by atoms with Gasteiger partial charge in [-0.1, -0.05) is 29.8 Å². The molecule has 1 saturated heterocycles. The Balaban J connectivity index is 1.38. The van der Waals surface area contributed by atoms with Crippen molar-refractivity contribution in [3.8, 4) is 0 Å². The average Bonchev–Trinajstić information content (AvgIpc) is 3.02. The first-order valence-electron chi connectivity index (χ1n) is 10.2. The summed E-state index contributed by atoms with van der Waals surface area (Å²) in [7, 11) is 1.84. The van der Waals surface area contributed by atoms with Gasteiger partial charge < -0.3 is 10.6 Å². The van der Waals surface area contributed by atoms with E-state index in [4.69, 9.17) is 0 Å². The Morgan fingerprint density at radius 3 is 2.46 bits per heavy atom. The minimum Gasteiger partial charge on any atom is -0.356 e. The van der Waals surface area contributed by atoms with Crippen LogP contribution >= 0.6 is 11.3 Å². The van der Waals surface area contributed by atoms with Gasteiger partial charge in [0, 0.05) is 25.0 Å². The summed E-state index contributed by atoms with van der Waals surface area (Å²) in [6.45, 7) is 11.4. The SMILES string of the molecule is CN=C(NCc1sc(C)nc1C)NCC1CCN(Cc2ccc(C)cc2)CC1. The first-order chi connectivity index (χ1) is 13.5. The Hall–Kier alpha value is -1.92. The van der Waals surface area contributed by atoms with Crippen LogP contribution in [0.1, 0.15) is 39.5 Å². The van der Waals surface area contributed by atoms with Crippen molar-refractivity contribution in [2.75, 3.05) is 26.7 Å². The van der Waals surface area contributed by atoms with E-state index in [1.54, 1.807) is 11.3 Å². The second-order valence-corrected chi connectivity index (χ2v) is 9.04. The molecule has 1 aliphatic heterocycles. The lowest BCUT2D eigenvalue weighted by molar-refractivity contribution is 0.178. The number of nitrogens with one attached hydrogen (secondary N) is 2. The number of piperidine rings is 1. The second-order valence-electron chi connectivity index (χ2n) is 7.75. The maximum Gasteiger partial charge on any atom is 0.191 e. The smallest absolute Gasteiger partial charge is 0.191 e. The lowest BCUT2D eigenvalue weighted by atomic mass is 9.96. The lowest BCUT2D eigenvalue weighted by Crippen LogP contribution is -2.42. The van der Waals surface area contributed by atoms with Crippen LogP contribution in [-0.4, -0.2) is 42.5 Å². The zero-order chi connectivity index (χ0) is 19.9. The highest BCUT2D eigenvalue weighted by Gasteiger charge is 2.19. The van der Waals surface area contributed by atoms with Gasteiger partial charge in [-0.25, -0.2) is 4.98 Å². The van der Waals surface area contributed by atoms with Gasteiger partial charge in [0.15, 0.2) is 5.96 Å². The van der Waals surface area contributed by atoms with Crippen LogP contribution in [0.25, 0.3) is 0 Å². The molecule has 2 aromatic rings. The van der Waals surface area contributed by atoms with Crippen molar-refractivity contribution in [2.45, 2.75) is 46.7 Å². The summed E-state index contributed by atoms with van der Waals surface area (Å²) in [5, 5.41) is 8.06. The van der Waals surface area contributed by atoms with Crippen LogP contribution < -0.4 is 10.6 Å². The standard InChI is InChI=1S/C22H33N5S/c1-16-5-7-20(8-6-16)15-27-11-9-19(10-12-27)13-24-22(23-4)25-14-21-17(2)26-18(3)28-21/h5-8,19H,9-15H2,1-4H3,(H2,23,24,25). The predicted molar refractivity (Wildman–Crippen MR) is 119 cm³/mol. The van der Waals surface area contributed by atoms with Gasteiger partial charge in [0.05, 0.1) is 17.2 Å². The molecule has 0 spiro atoms. The third-order valence-corrected chi connectivity index (χ3v) is 6.50. The number of hydrogen-bond donors (Lipinski definition) is 2. The average molecular weight is 400 g/mol. The number of aromatic nitrogens is 1. The molecule has 1 aromatic heterocycles. The van der Waals surface area contributed by atoms with Crippen LogP contribution in [0.4, 0.5) is 0 Å².